The number of nitrogens with zero attached hydrogens (tertiary/aromatic N) is 4. The number of aromatic nitrogens is 4. The van der Waals surface area contributed by atoms with Crippen LogP contribution in [0, 0.1) is 0 Å². The molecule has 2 aromatic rings. The van der Waals surface area contributed by atoms with Crippen molar-refractivity contribution in [1.82, 2.24) is 19.5 Å². The van der Waals surface area contributed by atoms with Crippen LogP contribution < -0.4 is 5.73 Å². The average Bonchev–Trinajstić information content (AvgIpc) is 3.16. The fourth-order valence-electron chi connectivity index (χ4n) is 2.74. The summed E-state index contributed by atoms with van der Waals surface area (Å²) in [6, 6.07) is 0. The maximum absolute atomic E-state index is 12.3. The Morgan fingerprint density at radius 1 is 1.36 bits per heavy atom. The Labute approximate surface area is 161 Å². The van der Waals surface area contributed by atoms with Crippen molar-refractivity contribution in [2.24, 2.45) is 0 Å². The van der Waals surface area contributed by atoms with Crippen LogP contribution in [-0.4, -0.2) is 60.4 Å². The molecule has 0 radical (unpaired) electrons. The van der Waals surface area contributed by atoms with Crippen LogP contribution in [0.15, 0.2) is 12.7 Å². The zero-order valence-corrected chi connectivity index (χ0v) is 17.4. The number of hydrogen-bond acceptors (Lipinski definition) is 9. The zero-order valence-electron chi connectivity index (χ0n) is 15.6. The lowest BCUT2D eigenvalue weighted by Gasteiger charge is -2.23. The zero-order chi connectivity index (χ0) is 20.7. The van der Waals surface area contributed by atoms with Gasteiger partial charge in [0.05, 0.1) is 24.7 Å². The first-order valence-corrected chi connectivity index (χ1v) is 12.2. The van der Waals surface area contributed by atoms with Gasteiger partial charge in [-0.15, -0.1) is 0 Å². The molecule has 1 fully saturated rings. The van der Waals surface area contributed by atoms with E-state index in [2.05, 4.69) is 15.0 Å². The normalized spacial score (nSPS) is 27.1. The van der Waals surface area contributed by atoms with Gasteiger partial charge in [-0.3, -0.25) is 13.7 Å². The Hall–Kier alpha value is -1.39. The summed E-state index contributed by atoms with van der Waals surface area (Å²) in [6.45, 7) is 3.89. The monoisotopic (exact) mass is 435 g/mol. The van der Waals surface area contributed by atoms with Gasteiger partial charge in [0.2, 0.25) is 0 Å². The van der Waals surface area contributed by atoms with Crippen LogP contribution in [0.1, 0.15) is 26.5 Å². The smallest absolute Gasteiger partial charge is 0.330 e. The molecule has 0 amide bonds. The van der Waals surface area contributed by atoms with E-state index in [1.807, 2.05) is 0 Å². The highest BCUT2D eigenvalue weighted by Gasteiger charge is 2.43. The Bertz CT molecular complexity index is 945. The molecule has 14 heteroatoms. The number of rotatable bonds is 7. The van der Waals surface area contributed by atoms with Crippen LogP contribution >= 0.6 is 15.2 Å². The van der Waals surface area contributed by atoms with Crippen molar-refractivity contribution in [3.05, 3.63) is 12.7 Å². The molecule has 0 spiro atoms. The fourth-order valence-corrected chi connectivity index (χ4v) is 4.02. The molecule has 0 saturated carbocycles. The van der Waals surface area contributed by atoms with Crippen LogP contribution in [0.25, 0.3) is 11.2 Å². The summed E-state index contributed by atoms with van der Waals surface area (Å²) in [5.41, 5.74) is 6.00. The van der Waals surface area contributed by atoms with Gasteiger partial charge in [-0.25, -0.2) is 15.0 Å². The summed E-state index contributed by atoms with van der Waals surface area (Å²) in [5.74, 6) is 0.210. The first-order valence-electron chi connectivity index (χ1n) is 8.52. The third kappa shape index (κ3) is 4.60. The van der Waals surface area contributed by atoms with Crippen LogP contribution in [0.5, 0.6) is 0 Å². The Balaban J connectivity index is 1.86. The second kappa shape index (κ2) is 7.79. The minimum atomic E-state index is -3.91. The van der Waals surface area contributed by atoms with Crippen LogP contribution in [0.4, 0.5) is 5.82 Å². The van der Waals surface area contributed by atoms with E-state index >= 15 is 0 Å². The van der Waals surface area contributed by atoms with Gasteiger partial charge in [-0.2, -0.15) is 0 Å². The standard InChI is InChI=1S/C14H23N5O7P2/c1-8(2)28(22,23)26-9-4-11(25-10(9)5-24-27(3,20)21)19-7-18-12-13(15)16-6-17-14(12)19/h6-11H,4-5H2,1-3H3,(H,20,21)(H,22,23)(H2,15,16,17)/t9?,10-,11-/m1/s1. The summed E-state index contributed by atoms with van der Waals surface area (Å²) in [6.07, 6.45) is 0.602. The minimum absolute atomic E-state index is 0.181. The molecule has 0 aromatic carbocycles. The van der Waals surface area contributed by atoms with E-state index in [9.17, 15) is 18.9 Å². The molecule has 3 heterocycles. The summed E-state index contributed by atoms with van der Waals surface area (Å²) in [4.78, 5) is 31.7. The van der Waals surface area contributed by atoms with Crippen molar-refractivity contribution in [3.8, 4) is 0 Å². The van der Waals surface area contributed by atoms with Gasteiger partial charge in [0.15, 0.2) is 11.5 Å². The third-order valence-electron chi connectivity index (χ3n) is 4.30. The number of nitrogen functional groups attached to an aromatic ring is 1. The summed E-state index contributed by atoms with van der Waals surface area (Å²) in [5, 5.41) is 0. The number of hydrogen-bond donors (Lipinski definition) is 3. The van der Waals surface area contributed by atoms with Crippen molar-refractivity contribution in [2.45, 2.75) is 44.4 Å². The molecule has 1 aliphatic heterocycles. The molecule has 3 rings (SSSR count). The van der Waals surface area contributed by atoms with E-state index in [-0.39, 0.29) is 18.8 Å². The maximum atomic E-state index is 12.3. The van der Waals surface area contributed by atoms with Crippen LogP contribution in [0.3, 0.4) is 0 Å². The maximum Gasteiger partial charge on any atom is 0.330 e. The lowest BCUT2D eigenvalue weighted by Crippen LogP contribution is -2.29. The Kier molecular flexibility index (Phi) is 5.94. The second-order valence-electron chi connectivity index (χ2n) is 6.85. The molecule has 0 aliphatic carbocycles. The van der Waals surface area contributed by atoms with Gasteiger partial charge >= 0.3 is 15.2 Å². The quantitative estimate of drug-likeness (QED) is 0.538. The van der Waals surface area contributed by atoms with E-state index in [1.54, 1.807) is 18.4 Å². The van der Waals surface area contributed by atoms with Crippen molar-refractivity contribution >= 4 is 32.2 Å². The molecule has 4 N–H and O–H groups in total. The molecule has 28 heavy (non-hydrogen) atoms. The fraction of sp³-hybridized carbons (Fsp3) is 0.643. The highest BCUT2D eigenvalue weighted by Crippen LogP contribution is 2.51. The van der Waals surface area contributed by atoms with Gasteiger partial charge in [-0.1, -0.05) is 13.8 Å². The van der Waals surface area contributed by atoms with Crippen molar-refractivity contribution in [1.29, 1.82) is 0 Å². The highest BCUT2D eigenvalue weighted by atomic mass is 31.2. The molecule has 1 aliphatic rings. The Morgan fingerprint density at radius 3 is 2.71 bits per heavy atom. The van der Waals surface area contributed by atoms with E-state index in [0.29, 0.717) is 11.2 Å². The minimum Gasteiger partial charge on any atom is -0.382 e. The van der Waals surface area contributed by atoms with Gasteiger partial charge in [0.1, 0.15) is 24.2 Å². The van der Waals surface area contributed by atoms with Gasteiger partial charge < -0.3 is 29.3 Å². The highest BCUT2D eigenvalue weighted by molar-refractivity contribution is 7.53. The number of imidazole rings is 1. The number of nitrogens with two attached hydrogens (primary N) is 1. The Morgan fingerprint density at radius 2 is 2.07 bits per heavy atom. The number of ether oxygens (including phenoxy) is 1. The summed E-state index contributed by atoms with van der Waals surface area (Å²) < 4.78 is 41.7. The second-order valence-corrected chi connectivity index (χ2v) is 11.1. The first kappa shape index (κ1) is 21.3. The van der Waals surface area contributed by atoms with Crippen LogP contribution in [0.2, 0.25) is 0 Å². The SMILES string of the molecule is CC(C)P(=O)(O)OC1C[C@H](n2cnc3c(N)ncnc32)O[C@@H]1COP(C)(=O)O. The largest absolute Gasteiger partial charge is 0.382 e. The summed E-state index contributed by atoms with van der Waals surface area (Å²) in [7, 11) is -7.68. The average molecular weight is 435 g/mol. The molecule has 2 aromatic heterocycles. The predicted octanol–water partition coefficient (Wildman–Crippen LogP) is 1.51. The van der Waals surface area contributed by atoms with E-state index in [0.717, 1.165) is 6.66 Å². The topological polar surface area (TPSA) is 172 Å². The van der Waals surface area contributed by atoms with Gasteiger partial charge in [0.25, 0.3) is 0 Å². The first-order chi connectivity index (χ1) is 13.0. The number of fused-ring (bicyclic) bond motifs is 1. The van der Waals surface area contributed by atoms with Crippen molar-refractivity contribution in [3.63, 3.8) is 0 Å². The van der Waals surface area contributed by atoms with E-state index in [4.69, 9.17) is 19.5 Å². The van der Waals surface area contributed by atoms with Crippen LogP contribution in [-0.2, 0) is 22.9 Å². The van der Waals surface area contributed by atoms with Gasteiger partial charge in [-0.05, 0) is 0 Å². The molecule has 12 nitrogen and oxygen atoms in total. The lowest BCUT2D eigenvalue weighted by atomic mass is 10.2. The predicted molar refractivity (Wildman–Crippen MR) is 99.8 cm³/mol. The number of anilines is 1. The molecular weight excluding hydrogens is 412 g/mol. The van der Waals surface area contributed by atoms with E-state index in [1.165, 1.54) is 12.7 Å². The molecule has 3 unspecified atom stereocenters. The van der Waals surface area contributed by atoms with Crippen molar-refractivity contribution in [2.75, 3.05) is 19.0 Å². The summed E-state index contributed by atoms with van der Waals surface area (Å²) >= 11 is 0. The van der Waals surface area contributed by atoms with Gasteiger partial charge in [0, 0.05) is 13.1 Å². The molecule has 5 atom stereocenters. The molecular formula is C14H23N5O7P2. The molecule has 1 saturated heterocycles. The molecule has 156 valence electrons. The lowest BCUT2D eigenvalue weighted by molar-refractivity contribution is -0.0367. The van der Waals surface area contributed by atoms with E-state index < -0.39 is 39.3 Å². The van der Waals surface area contributed by atoms with Crippen molar-refractivity contribution < 1.29 is 32.7 Å². The third-order valence-corrected chi connectivity index (χ3v) is 6.80. The molecule has 0 bridgehead atoms.